The van der Waals surface area contributed by atoms with Crippen LogP contribution < -0.4 is 5.32 Å². The fraction of sp³-hybridized carbons (Fsp3) is 0.800. The van der Waals surface area contributed by atoms with Crippen LogP contribution in [-0.2, 0) is 14.3 Å². The Bertz CT molecular complexity index is 326. The molecule has 0 saturated carbocycles. The molecule has 0 aliphatic rings. The number of alkyl halides is 4. The van der Waals surface area contributed by atoms with Gasteiger partial charge in [0.1, 0.15) is 11.6 Å². The molecule has 0 spiro atoms. The Morgan fingerprint density at radius 2 is 1.61 bits per heavy atom. The smallest absolute Gasteiger partial charge is 0.383 e. The Kier molecular flexibility index (Phi) is 5.12. The minimum absolute atomic E-state index is 0.874. The van der Waals surface area contributed by atoms with Gasteiger partial charge in [-0.25, -0.2) is 13.6 Å². The standard InChI is InChI=1S/C10H15F4NO3/c1-5(6(16)18-9(2,3)4)15-8(17)10(13,14)7(11)12/h5,7H,1-4H3,(H,15,17)/t5-/m1/s1. The van der Waals surface area contributed by atoms with E-state index < -0.39 is 35.9 Å². The van der Waals surface area contributed by atoms with Gasteiger partial charge in [-0.05, 0) is 27.7 Å². The zero-order chi connectivity index (χ0) is 14.7. The number of rotatable bonds is 4. The molecule has 106 valence electrons. The Labute approximate surface area is 102 Å². The average Bonchev–Trinajstić information content (AvgIpc) is 2.14. The van der Waals surface area contributed by atoms with Gasteiger partial charge in [-0.1, -0.05) is 0 Å². The van der Waals surface area contributed by atoms with Gasteiger partial charge in [-0.15, -0.1) is 0 Å². The number of hydrogen-bond donors (Lipinski definition) is 1. The van der Waals surface area contributed by atoms with Crippen molar-refractivity contribution in [2.24, 2.45) is 0 Å². The maximum absolute atomic E-state index is 12.6. The van der Waals surface area contributed by atoms with Crippen LogP contribution in [0.2, 0.25) is 0 Å². The number of halogens is 4. The molecule has 0 aliphatic heterocycles. The van der Waals surface area contributed by atoms with E-state index in [1.54, 1.807) is 0 Å². The van der Waals surface area contributed by atoms with Crippen molar-refractivity contribution in [2.45, 2.75) is 51.7 Å². The van der Waals surface area contributed by atoms with Crippen LogP contribution in [0.4, 0.5) is 17.6 Å². The zero-order valence-electron chi connectivity index (χ0n) is 10.4. The Hall–Kier alpha value is -1.34. The van der Waals surface area contributed by atoms with E-state index in [9.17, 15) is 27.2 Å². The van der Waals surface area contributed by atoms with E-state index in [0.29, 0.717) is 0 Å². The van der Waals surface area contributed by atoms with Crippen LogP contribution in [0.1, 0.15) is 27.7 Å². The van der Waals surface area contributed by atoms with Crippen LogP contribution in [0.15, 0.2) is 0 Å². The normalized spacial score (nSPS) is 14.3. The maximum Gasteiger partial charge on any atom is 0.383 e. The molecule has 1 N–H and O–H groups in total. The van der Waals surface area contributed by atoms with Gasteiger partial charge in [-0.3, -0.25) is 4.79 Å². The molecular weight excluding hydrogens is 258 g/mol. The molecule has 1 atom stereocenters. The van der Waals surface area contributed by atoms with Gasteiger partial charge < -0.3 is 10.1 Å². The lowest BCUT2D eigenvalue weighted by Crippen LogP contribution is -2.51. The van der Waals surface area contributed by atoms with Gasteiger partial charge in [0.25, 0.3) is 5.91 Å². The van der Waals surface area contributed by atoms with Crippen LogP contribution in [0.5, 0.6) is 0 Å². The highest BCUT2D eigenvalue weighted by Crippen LogP contribution is 2.23. The van der Waals surface area contributed by atoms with Gasteiger partial charge >= 0.3 is 18.3 Å². The van der Waals surface area contributed by atoms with E-state index in [4.69, 9.17) is 4.74 Å². The molecule has 0 aromatic rings. The number of carbonyl (C=O) groups is 2. The fourth-order valence-corrected chi connectivity index (χ4v) is 0.841. The van der Waals surface area contributed by atoms with Crippen LogP contribution >= 0.6 is 0 Å². The molecule has 0 aromatic heterocycles. The molecule has 0 unspecified atom stereocenters. The SMILES string of the molecule is C[C@@H](NC(=O)C(F)(F)C(F)F)C(=O)OC(C)(C)C. The van der Waals surface area contributed by atoms with Crippen molar-refractivity contribution in [3.05, 3.63) is 0 Å². The monoisotopic (exact) mass is 273 g/mol. The molecule has 18 heavy (non-hydrogen) atoms. The van der Waals surface area contributed by atoms with E-state index in [0.717, 1.165) is 6.92 Å². The molecule has 1 amide bonds. The summed E-state index contributed by atoms with van der Waals surface area (Å²) in [7, 11) is 0. The predicted octanol–water partition coefficient (Wildman–Crippen LogP) is 1.73. The number of carbonyl (C=O) groups excluding carboxylic acids is 2. The van der Waals surface area contributed by atoms with Crippen molar-refractivity contribution >= 4 is 11.9 Å². The summed E-state index contributed by atoms with van der Waals surface area (Å²) in [5.74, 6) is -8.03. The maximum atomic E-state index is 12.6. The number of nitrogens with one attached hydrogen (secondary N) is 1. The summed E-state index contributed by atoms with van der Waals surface area (Å²) in [5.41, 5.74) is -0.874. The van der Waals surface area contributed by atoms with Gasteiger partial charge in [-0.2, -0.15) is 8.78 Å². The number of amides is 1. The second-order valence-electron chi connectivity index (χ2n) is 4.65. The van der Waals surface area contributed by atoms with Crippen molar-refractivity contribution in [1.29, 1.82) is 0 Å². The molecule has 0 radical (unpaired) electrons. The van der Waals surface area contributed by atoms with Gasteiger partial charge in [0.2, 0.25) is 0 Å². The van der Waals surface area contributed by atoms with Crippen molar-refractivity contribution < 1.29 is 31.9 Å². The van der Waals surface area contributed by atoms with Crippen molar-refractivity contribution in [3.63, 3.8) is 0 Å². The van der Waals surface area contributed by atoms with Crippen LogP contribution in [0, 0.1) is 0 Å². The first-order valence-electron chi connectivity index (χ1n) is 5.07. The highest BCUT2D eigenvalue weighted by atomic mass is 19.3. The van der Waals surface area contributed by atoms with Crippen molar-refractivity contribution in [3.8, 4) is 0 Å². The number of ether oxygens (including phenoxy) is 1. The Morgan fingerprint density at radius 1 is 1.17 bits per heavy atom. The lowest BCUT2D eigenvalue weighted by molar-refractivity contribution is -0.173. The molecule has 0 aliphatic carbocycles. The zero-order valence-corrected chi connectivity index (χ0v) is 10.4. The first-order chi connectivity index (χ1) is 7.88. The summed E-state index contributed by atoms with van der Waals surface area (Å²) in [6.07, 6.45) is -4.14. The number of hydrogen-bond acceptors (Lipinski definition) is 3. The Morgan fingerprint density at radius 3 is 1.94 bits per heavy atom. The second kappa shape index (κ2) is 5.53. The van der Waals surface area contributed by atoms with E-state index in [2.05, 4.69) is 0 Å². The molecule has 0 saturated heterocycles. The van der Waals surface area contributed by atoms with Gasteiger partial charge in [0, 0.05) is 0 Å². The molecule has 4 nitrogen and oxygen atoms in total. The largest absolute Gasteiger partial charge is 0.458 e. The average molecular weight is 273 g/mol. The lowest BCUT2D eigenvalue weighted by atomic mass is 10.2. The van der Waals surface area contributed by atoms with Gasteiger partial charge in [0.05, 0.1) is 0 Å². The molecule has 0 bridgehead atoms. The quantitative estimate of drug-likeness (QED) is 0.627. The topological polar surface area (TPSA) is 55.4 Å². The Balaban J connectivity index is 4.54. The van der Waals surface area contributed by atoms with E-state index in [1.807, 2.05) is 0 Å². The molecule has 0 fully saturated rings. The second-order valence-corrected chi connectivity index (χ2v) is 4.65. The summed E-state index contributed by atoms with van der Waals surface area (Å²) in [4.78, 5) is 22.2. The molecular formula is C10H15F4NO3. The van der Waals surface area contributed by atoms with Crippen molar-refractivity contribution in [2.75, 3.05) is 0 Å². The lowest BCUT2D eigenvalue weighted by Gasteiger charge is -2.23. The third kappa shape index (κ3) is 4.89. The highest BCUT2D eigenvalue weighted by molar-refractivity contribution is 5.88. The summed E-state index contributed by atoms with van der Waals surface area (Å²) in [6, 6.07) is -1.44. The van der Waals surface area contributed by atoms with Crippen LogP contribution in [0.25, 0.3) is 0 Å². The highest BCUT2D eigenvalue weighted by Gasteiger charge is 2.49. The molecule has 8 heteroatoms. The molecule has 0 heterocycles. The third-order valence-electron chi connectivity index (χ3n) is 1.68. The van der Waals surface area contributed by atoms with Crippen LogP contribution in [-0.4, -0.2) is 35.9 Å². The molecule has 0 rings (SSSR count). The molecule has 0 aromatic carbocycles. The minimum Gasteiger partial charge on any atom is -0.458 e. The number of esters is 1. The summed E-state index contributed by atoms with van der Waals surface area (Å²) in [6.45, 7) is 5.67. The summed E-state index contributed by atoms with van der Waals surface area (Å²) < 4.78 is 53.7. The minimum atomic E-state index is -4.84. The fourth-order valence-electron chi connectivity index (χ4n) is 0.841. The van der Waals surface area contributed by atoms with E-state index in [1.165, 1.54) is 26.1 Å². The van der Waals surface area contributed by atoms with Crippen LogP contribution in [0.3, 0.4) is 0 Å². The van der Waals surface area contributed by atoms with Crippen molar-refractivity contribution in [1.82, 2.24) is 5.32 Å². The first-order valence-corrected chi connectivity index (χ1v) is 5.07. The summed E-state index contributed by atoms with van der Waals surface area (Å²) in [5, 5.41) is 1.48. The predicted molar refractivity (Wildman–Crippen MR) is 54.4 cm³/mol. The first kappa shape index (κ1) is 16.7. The van der Waals surface area contributed by atoms with Gasteiger partial charge in [0.15, 0.2) is 0 Å². The summed E-state index contributed by atoms with van der Waals surface area (Å²) >= 11 is 0. The third-order valence-corrected chi connectivity index (χ3v) is 1.68. The van der Waals surface area contributed by atoms with E-state index in [-0.39, 0.29) is 0 Å². The van der Waals surface area contributed by atoms with E-state index >= 15 is 0 Å².